The summed E-state index contributed by atoms with van der Waals surface area (Å²) in [4.78, 5) is 4.67. The van der Waals surface area contributed by atoms with Gasteiger partial charge in [0.05, 0.1) is 5.69 Å². The maximum Gasteiger partial charge on any atom is 0.0606 e. The minimum absolute atomic E-state index is 0.0149. The smallest absolute Gasteiger partial charge is 0.0606 e. The molecule has 1 rings (SSSR count). The van der Waals surface area contributed by atoms with E-state index >= 15 is 0 Å². The molecule has 1 aromatic heterocycles. The largest absolute Gasteiger partial charge is 0.323 e. The zero-order valence-corrected chi connectivity index (χ0v) is 10.4. The maximum absolute atomic E-state index is 5.96. The van der Waals surface area contributed by atoms with E-state index in [2.05, 4.69) is 44.8 Å². The lowest BCUT2D eigenvalue weighted by Crippen LogP contribution is -2.13. The van der Waals surface area contributed by atoms with Crippen LogP contribution in [0.5, 0.6) is 0 Å². The van der Waals surface area contributed by atoms with Gasteiger partial charge in [0, 0.05) is 11.7 Å². The Bertz CT molecular complexity index is 327. The molecule has 2 N–H and O–H groups in total. The molecular weight excluding hydrogens is 184 g/mol. The quantitative estimate of drug-likeness (QED) is 0.823. The van der Waals surface area contributed by atoms with Crippen molar-refractivity contribution in [1.29, 1.82) is 0 Å². The average Bonchev–Trinajstić information content (AvgIpc) is 2.16. The van der Waals surface area contributed by atoms with E-state index in [0.717, 1.165) is 11.4 Å². The summed E-state index contributed by atoms with van der Waals surface area (Å²) in [5, 5.41) is 0. The van der Waals surface area contributed by atoms with Crippen LogP contribution in [0.2, 0.25) is 0 Å². The first-order valence-corrected chi connectivity index (χ1v) is 5.69. The second-order valence-corrected chi connectivity index (χ2v) is 4.81. The lowest BCUT2D eigenvalue weighted by Gasteiger charge is -2.17. The van der Waals surface area contributed by atoms with E-state index in [1.165, 1.54) is 5.56 Å². The van der Waals surface area contributed by atoms with Crippen molar-refractivity contribution in [2.24, 2.45) is 5.73 Å². The van der Waals surface area contributed by atoms with Crippen molar-refractivity contribution in [3.05, 3.63) is 29.1 Å². The molecule has 0 saturated heterocycles. The fraction of sp³-hybridized carbons (Fsp3) is 0.615. The van der Waals surface area contributed by atoms with Crippen LogP contribution >= 0.6 is 0 Å². The van der Waals surface area contributed by atoms with E-state index in [1.54, 1.807) is 0 Å². The molecule has 84 valence electrons. The second-order valence-electron chi connectivity index (χ2n) is 4.81. The molecule has 1 aromatic rings. The van der Waals surface area contributed by atoms with Crippen LogP contribution in [0, 0.1) is 0 Å². The van der Waals surface area contributed by atoms with Crippen LogP contribution in [0.3, 0.4) is 0 Å². The van der Waals surface area contributed by atoms with Crippen molar-refractivity contribution in [3.8, 4) is 0 Å². The van der Waals surface area contributed by atoms with Crippen molar-refractivity contribution in [2.45, 2.75) is 52.5 Å². The highest BCUT2D eigenvalue weighted by Crippen LogP contribution is 2.24. The number of pyridine rings is 1. The molecule has 1 heterocycles. The van der Waals surface area contributed by atoms with Crippen LogP contribution in [0.1, 0.15) is 69.4 Å². The Morgan fingerprint density at radius 1 is 1.00 bits per heavy atom. The first kappa shape index (κ1) is 12.2. The Morgan fingerprint density at radius 2 is 1.60 bits per heavy atom. The van der Waals surface area contributed by atoms with Crippen molar-refractivity contribution in [3.63, 3.8) is 0 Å². The number of hydrogen-bond acceptors (Lipinski definition) is 2. The highest BCUT2D eigenvalue weighted by Gasteiger charge is 2.13. The third-order valence-electron chi connectivity index (χ3n) is 2.62. The van der Waals surface area contributed by atoms with Crippen LogP contribution in [-0.2, 0) is 0 Å². The van der Waals surface area contributed by atoms with Crippen molar-refractivity contribution >= 4 is 0 Å². The first-order chi connectivity index (χ1) is 6.93. The van der Waals surface area contributed by atoms with Gasteiger partial charge in [0.25, 0.3) is 0 Å². The summed E-state index contributed by atoms with van der Waals surface area (Å²) in [7, 11) is 0. The van der Waals surface area contributed by atoms with Crippen molar-refractivity contribution < 1.29 is 0 Å². The second kappa shape index (κ2) is 4.75. The van der Waals surface area contributed by atoms with E-state index in [4.69, 9.17) is 5.73 Å². The molecule has 0 aliphatic carbocycles. The minimum atomic E-state index is 0.0149. The van der Waals surface area contributed by atoms with E-state index in [9.17, 15) is 0 Å². The summed E-state index contributed by atoms with van der Waals surface area (Å²) in [6.07, 6.45) is 0. The SMILES string of the molecule is CC(C)c1ccc(C(C)C)c(C(C)N)n1. The van der Waals surface area contributed by atoms with Gasteiger partial charge in [-0.2, -0.15) is 0 Å². The van der Waals surface area contributed by atoms with Gasteiger partial charge in [-0.15, -0.1) is 0 Å². The van der Waals surface area contributed by atoms with Crippen LogP contribution in [0.25, 0.3) is 0 Å². The van der Waals surface area contributed by atoms with Gasteiger partial charge in [-0.25, -0.2) is 0 Å². The lowest BCUT2D eigenvalue weighted by atomic mass is 9.96. The minimum Gasteiger partial charge on any atom is -0.323 e. The lowest BCUT2D eigenvalue weighted by molar-refractivity contribution is 0.707. The molecule has 0 radical (unpaired) electrons. The molecule has 0 amide bonds. The number of rotatable bonds is 3. The third kappa shape index (κ3) is 2.78. The van der Waals surface area contributed by atoms with Crippen molar-refractivity contribution in [2.75, 3.05) is 0 Å². The molecule has 1 unspecified atom stereocenters. The van der Waals surface area contributed by atoms with E-state index in [-0.39, 0.29) is 6.04 Å². The van der Waals surface area contributed by atoms with Gasteiger partial charge >= 0.3 is 0 Å². The van der Waals surface area contributed by atoms with Gasteiger partial charge in [-0.05, 0) is 30.4 Å². The van der Waals surface area contributed by atoms with Gasteiger partial charge in [0.15, 0.2) is 0 Å². The third-order valence-corrected chi connectivity index (χ3v) is 2.62. The zero-order valence-electron chi connectivity index (χ0n) is 10.4. The predicted octanol–water partition coefficient (Wildman–Crippen LogP) is 3.35. The zero-order chi connectivity index (χ0) is 11.6. The Kier molecular flexibility index (Phi) is 3.86. The van der Waals surface area contributed by atoms with E-state index < -0.39 is 0 Å². The Hall–Kier alpha value is -0.890. The molecule has 0 aromatic carbocycles. The van der Waals surface area contributed by atoms with Gasteiger partial charge in [0.1, 0.15) is 0 Å². The fourth-order valence-corrected chi connectivity index (χ4v) is 1.68. The number of hydrogen-bond donors (Lipinski definition) is 1. The van der Waals surface area contributed by atoms with Crippen LogP contribution < -0.4 is 5.73 Å². The van der Waals surface area contributed by atoms with Gasteiger partial charge in [-0.1, -0.05) is 33.8 Å². The standard InChI is InChI=1S/C13H22N2/c1-8(2)11-6-7-12(9(3)4)15-13(11)10(5)14/h6-10H,14H2,1-5H3. The molecule has 0 bridgehead atoms. The average molecular weight is 206 g/mol. The molecule has 2 nitrogen and oxygen atoms in total. The highest BCUT2D eigenvalue weighted by molar-refractivity contribution is 5.28. The maximum atomic E-state index is 5.96. The van der Waals surface area contributed by atoms with Gasteiger partial charge in [-0.3, -0.25) is 4.98 Å². The number of nitrogens with two attached hydrogens (primary N) is 1. The van der Waals surface area contributed by atoms with E-state index in [1.807, 2.05) is 6.92 Å². The summed E-state index contributed by atoms with van der Waals surface area (Å²) in [6.45, 7) is 10.7. The van der Waals surface area contributed by atoms with Gasteiger partial charge in [0.2, 0.25) is 0 Å². The predicted molar refractivity (Wildman–Crippen MR) is 65.0 cm³/mol. The summed E-state index contributed by atoms with van der Waals surface area (Å²) in [5.74, 6) is 0.948. The Morgan fingerprint density at radius 3 is 2.00 bits per heavy atom. The topological polar surface area (TPSA) is 38.9 Å². The molecule has 15 heavy (non-hydrogen) atoms. The monoisotopic (exact) mass is 206 g/mol. The van der Waals surface area contributed by atoms with Gasteiger partial charge < -0.3 is 5.73 Å². The molecule has 0 aliphatic rings. The first-order valence-electron chi connectivity index (χ1n) is 5.69. The Labute approximate surface area is 92.9 Å². The summed E-state index contributed by atoms with van der Waals surface area (Å²) in [5.41, 5.74) is 9.41. The van der Waals surface area contributed by atoms with Crippen LogP contribution in [-0.4, -0.2) is 4.98 Å². The highest BCUT2D eigenvalue weighted by atomic mass is 14.8. The summed E-state index contributed by atoms with van der Waals surface area (Å²) < 4.78 is 0. The molecule has 0 aliphatic heterocycles. The normalized spacial score (nSPS) is 13.6. The molecule has 0 spiro atoms. The molecule has 0 fully saturated rings. The number of nitrogens with zero attached hydrogens (tertiary/aromatic N) is 1. The Balaban J connectivity index is 3.21. The summed E-state index contributed by atoms with van der Waals surface area (Å²) >= 11 is 0. The van der Waals surface area contributed by atoms with Crippen LogP contribution in [0.15, 0.2) is 12.1 Å². The molecule has 0 saturated carbocycles. The molecule has 2 heteroatoms. The molecular formula is C13H22N2. The van der Waals surface area contributed by atoms with Crippen LogP contribution in [0.4, 0.5) is 0 Å². The summed E-state index contributed by atoms with van der Waals surface area (Å²) in [6, 6.07) is 4.30. The van der Waals surface area contributed by atoms with Crippen molar-refractivity contribution in [1.82, 2.24) is 4.98 Å². The van der Waals surface area contributed by atoms with E-state index in [0.29, 0.717) is 11.8 Å². The molecule has 1 atom stereocenters. The number of aromatic nitrogens is 1. The fourth-order valence-electron chi connectivity index (χ4n) is 1.68.